The van der Waals surface area contributed by atoms with Crippen molar-refractivity contribution >= 4 is 40.2 Å². The molecule has 2 heterocycles. The van der Waals surface area contributed by atoms with E-state index in [4.69, 9.17) is 6.57 Å². The minimum Gasteiger partial charge on any atom is -0.386 e. The summed E-state index contributed by atoms with van der Waals surface area (Å²) in [6.45, 7) is 7.07. The smallest absolute Gasteiger partial charge is 0.386 e. The Morgan fingerprint density at radius 1 is 0.943 bits per heavy atom. The minimum absolute atomic E-state index is 0.119. The predicted octanol–water partition coefficient (Wildman–Crippen LogP) is 4.39. The van der Waals surface area contributed by atoms with Crippen LogP contribution in [0.5, 0.6) is 0 Å². The summed E-state index contributed by atoms with van der Waals surface area (Å²) >= 11 is 0. The zero-order chi connectivity index (χ0) is 25.2. The van der Waals surface area contributed by atoms with Crippen LogP contribution in [0.3, 0.4) is 0 Å². The molecule has 0 aliphatic carbocycles. The van der Waals surface area contributed by atoms with Crippen LogP contribution in [0, 0.1) is 17.9 Å². The van der Waals surface area contributed by atoms with Gasteiger partial charge in [0, 0.05) is 10.9 Å². The predicted molar refractivity (Wildman–Crippen MR) is 110 cm³/mol. The van der Waals surface area contributed by atoms with Gasteiger partial charge in [-0.25, -0.2) is 14.4 Å². The van der Waals surface area contributed by atoms with Crippen molar-refractivity contribution in [3.05, 3.63) is 86.8 Å². The summed E-state index contributed by atoms with van der Waals surface area (Å²) in [5.41, 5.74) is -2.25. The molecular weight excluding hydrogens is 467 g/mol. The Labute approximate surface area is 193 Å². The van der Waals surface area contributed by atoms with Crippen LogP contribution in [0.1, 0.15) is 58.1 Å². The summed E-state index contributed by atoms with van der Waals surface area (Å²) in [5, 5.41) is 9.33. The van der Waals surface area contributed by atoms with Crippen molar-refractivity contribution in [2.45, 2.75) is 12.7 Å². The average molecular weight is 475 g/mol. The molecule has 0 radical (unpaired) electrons. The summed E-state index contributed by atoms with van der Waals surface area (Å²) in [7, 11) is 0. The fraction of sp³-hybridized carbons (Fsp3) is 0.0833. The van der Waals surface area contributed by atoms with Gasteiger partial charge in [0.05, 0.1) is 40.9 Å². The Kier molecular flexibility index (Phi) is 4.51. The average Bonchev–Trinajstić information content (AvgIpc) is 2.82. The number of alkyl halides is 3. The second-order valence-corrected chi connectivity index (χ2v) is 7.71. The first kappa shape index (κ1) is 21.8. The van der Waals surface area contributed by atoms with Crippen molar-refractivity contribution < 1.29 is 37.1 Å². The van der Waals surface area contributed by atoms with Crippen molar-refractivity contribution in [3.63, 3.8) is 0 Å². The molecule has 3 aromatic carbocycles. The number of carbonyl (C=O) groups excluding carboxylic acids is 4. The van der Waals surface area contributed by atoms with Crippen molar-refractivity contribution in [1.29, 1.82) is 5.26 Å². The monoisotopic (exact) mass is 475 g/mol. The van der Waals surface area contributed by atoms with Gasteiger partial charge in [0.25, 0.3) is 11.8 Å². The molecule has 0 saturated heterocycles. The number of halogens is 3. The number of carbonyl (C=O) groups is 4. The second-order valence-electron chi connectivity index (χ2n) is 7.71. The van der Waals surface area contributed by atoms with E-state index in [1.165, 1.54) is 0 Å². The lowest BCUT2D eigenvalue weighted by Crippen LogP contribution is -2.40. The molecule has 11 heteroatoms. The molecule has 0 saturated carbocycles. The Bertz CT molecular complexity index is 1630. The molecule has 0 aromatic heterocycles. The van der Waals surface area contributed by atoms with E-state index in [9.17, 15) is 37.6 Å². The molecule has 2 aliphatic rings. The molecule has 0 N–H and O–H groups in total. The molecule has 0 fully saturated rings. The van der Waals surface area contributed by atoms with Gasteiger partial charge in [-0.3, -0.25) is 14.5 Å². The van der Waals surface area contributed by atoms with E-state index in [2.05, 4.69) is 9.58 Å². The highest BCUT2D eigenvalue weighted by atomic mass is 19.4. The van der Waals surface area contributed by atoms with Crippen LogP contribution in [0.25, 0.3) is 15.6 Å². The number of amides is 2. The first-order chi connectivity index (χ1) is 16.6. The number of imide groups is 1. The molecule has 0 unspecified atom stereocenters. The molecule has 0 bridgehead atoms. The number of nitrogens with zero attached hydrogens (tertiary/aromatic N) is 3. The van der Waals surface area contributed by atoms with Gasteiger partial charge < -0.3 is 4.74 Å². The lowest BCUT2D eigenvalue weighted by atomic mass is 9.84. The van der Waals surface area contributed by atoms with Gasteiger partial charge in [0.1, 0.15) is 6.07 Å². The number of ether oxygens (including phenoxy) is 1. The summed E-state index contributed by atoms with van der Waals surface area (Å²) in [6, 6.07) is 7.75. The lowest BCUT2D eigenvalue weighted by molar-refractivity contribution is -0.137. The van der Waals surface area contributed by atoms with E-state index in [0.717, 1.165) is 41.3 Å². The number of cyclic esters (lactones) is 2. The first-order valence-electron chi connectivity index (χ1n) is 9.81. The number of benzene rings is 3. The van der Waals surface area contributed by atoms with Gasteiger partial charge >= 0.3 is 18.1 Å². The number of rotatable bonds is 2. The van der Waals surface area contributed by atoms with Crippen LogP contribution in [0.15, 0.2) is 36.4 Å². The van der Waals surface area contributed by atoms with Crippen LogP contribution in [0.4, 0.5) is 18.9 Å². The van der Waals surface area contributed by atoms with Crippen LogP contribution in [0.2, 0.25) is 0 Å². The summed E-state index contributed by atoms with van der Waals surface area (Å²) < 4.78 is 43.3. The number of hydrogen-bond acceptors (Lipinski definition) is 6. The highest BCUT2D eigenvalue weighted by Crippen LogP contribution is 2.43. The molecule has 0 spiro atoms. The topological polar surface area (TPSA) is 109 Å². The zero-order valence-electron chi connectivity index (χ0n) is 17.2. The molecule has 2 aliphatic heterocycles. The Morgan fingerprint density at radius 2 is 1.60 bits per heavy atom. The number of hydrogen-bond donors (Lipinski definition) is 0. The number of nitriles is 1. The van der Waals surface area contributed by atoms with E-state index < -0.39 is 42.0 Å². The van der Waals surface area contributed by atoms with Crippen LogP contribution in [-0.4, -0.2) is 28.7 Å². The quantitative estimate of drug-likeness (QED) is 0.235. The van der Waals surface area contributed by atoms with Gasteiger partial charge in [0.2, 0.25) is 5.69 Å². The first-order valence-corrected chi connectivity index (χ1v) is 9.81. The normalized spacial score (nSPS) is 14.6. The number of esters is 2. The second kappa shape index (κ2) is 7.23. The summed E-state index contributed by atoms with van der Waals surface area (Å²) in [5.74, 6) is -4.04. The third kappa shape index (κ3) is 3.06. The standard InChI is InChI=1S/C24H8F3N3O5/c1-29-15-7-14-18-16(23(34)35-22(14)33)11(8-28)6-13-17(18)19(15)21(32)30(20(13)31)9-10-2-4-12(5-3-10)24(25,26)27/h2-7H,9H2. The highest BCUT2D eigenvalue weighted by molar-refractivity contribution is 6.33. The molecule has 35 heavy (non-hydrogen) atoms. The van der Waals surface area contributed by atoms with Crippen LogP contribution < -0.4 is 0 Å². The maximum atomic E-state index is 13.4. The van der Waals surface area contributed by atoms with E-state index in [1.54, 1.807) is 6.07 Å². The largest absolute Gasteiger partial charge is 0.416 e. The Balaban J connectivity index is 1.73. The Hall–Kier alpha value is -5.03. The van der Waals surface area contributed by atoms with E-state index in [-0.39, 0.29) is 49.8 Å². The molecule has 8 nitrogen and oxygen atoms in total. The summed E-state index contributed by atoms with van der Waals surface area (Å²) in [6.07, 6.45) is -4.57. The Morgan fingerprint density at radius 3 is 2.20 bits per heavy atom. The van der Waals surface area contributed by atoms with Crippen molar-refractivity contribution in [2.24, 2.45) is 0 Å². The van der Waals surface area contributed by atoms with Gasteiger partial charge in [-0.1, -0.05) is 12.1 Å². The van der Waals surface area contributed by atoms with Crippen molar-refractivity contribution in [2.75, 3.05) is 0 Å². The maximum absolute atomic E-state index is 13.4. The zero-order valence-corrected chi connectivity index (χ0v) is 17.2. The fourth-order valence-electron chi connectivity index (χ4n) is 4.24. The van der Waals surface area contributed by atoms with Crippen LogP contribution in [-0.2, 0) is 17.5 Å². The van der Waals surface area contributed by atoms with Gasteiger partial charge in [-0.05, 0) is 35.2 Å². The van der Waals surface area contributed by atoms with E-state index >= 15 is 0 Å². The third-order valence-corrected chi connectivity index (χ3v) is 5.79. The fourth-order valence-corrected chi connectivity index (χ4v) is 4.24. The molecular formula is C24H8F3N3O5. The molecule has 0 atom stereocenters. The van der Waals surface area contributed by atoms with Crippen molar-refractivity contribution in [1.82, 2.24) is 4.90 Å². The van der Waals surface area contributed by atoms with E-state index in [0.29, 0.717) is 0 Å². The molecule has 2 amide bonds. The van der Waals surface area contributed by atoms with Gasteiger partial charge in [-0.15, -0.1) is 0 Å². The SMILES string of the molecule is [C-]#[N+]c1cc2c3c(c(C#N)cc4c3c1C(=O)N(Cc1ccc(C(F)(F)F)cc1)C4=O)C(=O)OC2=O. The van der Waals surface area contributed by atoms with Gasteiger partial charge in [-0.2, -0.15) is 18.4 Å². The third-order valence-electron chi connectivity index (χ3n) is 5.79. The maximum Gasteiger partial charge on any atom is 0.416 e. The lowest BCUT2D eigenvalue weighted by Gasteiger charge is -2.30. The highest BCUT2D eigenvalue weighted by Gasteiger charge is 2.41. The van der Waals surface area contributed by atoms with Crippen LogP contribution >= 0.6 is 0 Å². The summed E-state index contributed by atoms with van der Waals surface area (Å²) in [4.78, 5) is 55.5. The molecule has 5 rings (SSSR count). The minimum atomic E-state index is -4.57. The van der Waals surface area contributed by atoms with Crippen molar-refractivity contribution in [3.8, 4) is 6.07 Å². The molecule has 170 valence electrons. The van der Waals surface area contributed by atoms with Gasteiger partial charge in [0.15, 0.2) is 0 Å². The molecule has 3 aromatic rings. The van der Waals surface area contributed by atoms with E-state index in [1.807, 2.05) is 0 Å².